The van der Waals surface area contributed by atoms with E-state index in [1.54, 1.807) is 35.2 Å². The smallest absolute Gasteiger partial charge is 0.289 e. The van der Waals surface area contributed by atoms with E-state index in [-0.39, 0.29) is 24.2 Å². The fourth-order valence-electron chi connectivity index (χ4n) is 3.67. The minimum atomic E-state index is -0.320. The zero-order valence-corrected chi connectivity index (χ0v) is 17.1. The van der Waals surface area contributed by atoms with E-state index in [1.165, 1.54) is 18.4 Å². The van der Waals surface area contributed by atoms with E-state index < -0.39 is 0 Å². The van der Waals surface area contributed by atoms with Crippen molar-refractivity contribution in [1.29, 1.82) is 0 Å². The van der Waals surface area contributed by atoms with Gasteiger partial charge in [0.1, 0.15) is 5.82 Å². The topological polar surface area (TPSA) is 65.8 Å². The maximum atomic E-state index is 13.3. The van der Waals surface area contributed by atoms with Crippen molar-refractivity contribution in [1.82, 2.24) is 15.1 Å². The first kappa shape index (κ1) is 20.8. The molecule has 3 aromatic rings. The largest absolute Gasteiger partial charge is 0.459 e. The molecule has 0 radical (unpaired) electrons. The van der Waals surface area contributed by atoms with Crippen LogP contribution in [0.1, 0.15) is 32.0 Å². The van der Waals surface area contributed by atoms with Gasteiger partial charge < -0.3 is 14.6 Å². The Bertz CT molecular complexity index is 1040. The van der Waals surface area contributed by atoms with Gasteiger partial charge in [-0.25, -0.2) is 4.39 Å². The van der Waals surface area contributed by atoms with Crippen LogP contribution >= 0.6 is 0 Å². The van der Waals surface area contributed by atoms with Crippen molar-refractivity contribution in [3.63, 3.8) is 0 Å². The first-order valence-electron chi connectivity index (χ1n) is 10.3. The van der Waals surface area contributed by atoms with Crippen molar-refractivity contribution in [2.24, 2.45) is 0 Å². The number of piperazine rings is 1. The fraction of sp³-hybridized carbons (Fsp3) is 0.250. The third-order valence-electron chi connectivity index (χ3n) is 5.33. The molecule has 1 fully saturated rings. The van der Waals surface area contributed by atoms with Crippen molar-refractivity contribution in [3.05, 3.63) is 95.2 Å². The summed E-state index contributed by atoms with van der Waals surface area (Å²) in [6.07, 6.45) is 1.50. The molecule has 7 heteroatoms. The highest BCUT2D eigenvalue weighted by Crippen LogP contribution is 2.14. The number of halogens is 1. The third-order valence-corrected chi connectivity index (χ3v) is 5.33. The van der Waals surface area contributed by atoms with Crippen LogP contribution in [-0.2, 0) is 13.1 Å². The van der Waals surface area contributed by atoms with Gasteiger partial charge in [0, 0.05) is 44.8 Å². The van der Waals surface area contributed by atoms with E-state index in [0.717, 1.165) is 18.7 Å². The quantitative estimate of drug-likeness (QED) is 0.663. The molecule has 31 heavy (non-hydrogen) atoms. The molecular weight excluding hydrogens is 397 g/mol. The number of amides is 2. The second-order valence-electron chi connectivity index (χ2n) is 7.56. The van der Waals surface area contributed by atoms with Crippen LogP contribution in [0.25, 0.3) is 0 Å². The Morgan fingerprint density at radius 2 is 1.71 bits per heavy atom. The monoisotopic (exact) mass is 421 g/mol. The van der Waals surface area contributed by atoms with E-state index in [4.69, 9.17) is 4.42 Å². The maximum Gasteiger partial charge on any atom is 0.289 e. The molecule has 2 aromatic carbocycles. The lowest BCUT2D eigenvalue weighted by molar-refractivity contribution is 0.0597. The van der Waals surface area contributed by atoms with Crippen LogP contribution in [0.5, 0.6) is 0 Å². The number of benzene rings is 2. The molecule has 0 atom stereocenters. The SMILES string of the molecule is O=C(NCc1cccc(F)c1)c1cccc(CN2CCN(C(=O)c3ccco3)CC2)c1. The third kappa shape index (κ3) is 5.38. The number of furan rings is 1. The Kier molecular flexibility index (Phi) is 6.43. The lowest BCUT2D eigenvalue weighted by Crippen LogP contribution is -2.48. The summed E-state index contributed by atoms with van der Waals surface area (Å²) >= 11 is 0. The molecule has 1 aromatic heterocycles. The van der Waals surface area contributed by atoms with E-state index >= 15 is 0 Å². The standard InChI is InChI=1S/C24H24FN3O3/c25-21-7-2-4-18(15-21)16-26-23(29)20-6-1-5-19(14-20)17-27-9-11-28(12-10-27)24(30)22-8-3-13-31-22/h1-8,13-15H,9-12,16-17H2,(H,26,29). The van der Waals surface area contributed by atoms with Gasteiger partial charge in [0.25, 0.3) is 11.8 Å². The van der Waals surface area contributed by atoms with Gasteiger partial charge in [0.2, 0.25) is 0 Å². The highest BCUT2D eigenvalue weighted by molar-refractivity contribution is 5.94. The summed E-state index contributed by atoms with van der Waals surface area (Å²) in [7, 11) is 0. The van der Waals surface area contributed by atoms with Gasteiger partial charge in [-0.05, 0) is 47.5 Å². The molecule has 1 aliphatic rings. The Labute approximate surface area is 180 Å². The summed E-state index contributed by atoms with van der Waals surface area (Å²) in [4.78, 5) is 28.9. The van der Waals surface area contributed by atoms with Gasteiger partial charge in [0.15, 0.2) is 5.76 Å². The molecule has 2 amide bonds. The Morgan fingerprint density at radius 3 is 2.45 bits per heavy atom. The number of nitrogens with one attached hydrogen (secondary N) is 1. The van der Waals surface area contributed by atoms with Crippen molar-refractivity contribution in [2.45, 2.75) is 13.1 Å². The number of nitrogens with zero attached hydrogens (tertiary/aromatic N) is 2. The van der Waals surface area contributed by atoms with Crippen LogP contribution < -0.4 is 5.32 Å². The summed E-state index contributed by atoms with van der Waals surface area (Å²) in [6.45, 7) is 3.74. The van der Waals surface area contributed by atoms with Gasteiger partial charge in [-0.15, -0.1) is 0 Å². The van der Waals surface area contributed by atoms with Crippen LogP contribution in [0, 0.1) is 5.82 Å². The molecule has 160 valence electrons. The molecule has 1 N–H and O–H groups in total. The number of rotatable bonds is 6. The van der Waals surface area contributed by atoms with E-state index in [0.29, 0.717) is 36.5 Å². The van der Waals surface area contributed by atoms with Crippen LogP contribution in [0.4, 0.5) is 4.39 Å². The lowest BCUT2D eigenvalue weighted by Gasteiger charge is -2.34. The minimum Gasteiger partial charge on any atom is -0.459 e. The van der Waals surface area contributed by atoms with Crippen molar-refractivity contribution >= 4 is 11.8 Å². The zero-order chi connectivity index (χ0) is 21.6. The van der Waals surface area contributed by atoms with Gasteiger partial charge in [-0.2, -0.15) is 0 Å². The highest BCUT2D eigenvalue weighted by Gasteiger charge is 2.23. The molecule has 0 aliphatic carbocycles. The summed E-state index contributed by atoms with van der Waals surface area (Å²) < 4.78 is 18.5. The maximum absolute atomic E-state index is 13.3. The molecule has 0 saturated carbocycles. The summed E-state index contributed by atoms with van der Waals surface area (Å²) in [6, 6.07) is 17.1. The molecule has 0 unspecified atom stereocenters. The normalized spacial score (nSPS) is 14.4. The zero-order valence-electron chi connectivity index (χ0n) is 17.1. The van der Waals surface area contributed by atoms with Gasteiger partial charge >= 0.3 is 0 Å². The molecule has 1 saturated heterocycles. The molecule has 0 bridgehead atoms. The van der Waals surface area contributed by atoms with Crippen molar-refractivity contribution < 1.29 is 18.4 Å². The van der Waals surface area contributed by atoms with Crippen molar-refractivity contribution in [3.8, 4) is 0 Å². The second kappa shape index (κ2) is 9.57. The van der Waals surface area contributed by atoms with Gasteiger partial charge in [0.05, 0.1) is 6.26 Å². The van der Waals surface area contributed by atoms with Crippen molar-refractivity contribution in [2.75, 3.05) is 26.2 Å². The Balaban J connectivity index is 1.29. The Morgan fingerprint density at radius 1 is 0.935 bits per heavy atom. The summed E-state index contributed by atoms with van der Waals surface area (Å²) in [5.74, 6) is -0.230. The lowest BCUT2D eigenvalue weighted by atomic mass is 10.1. The molecule has 2 heterocycles. The molecule has 6 nitrogen and oxygen atoms in total. The minimum absolute atomic E-state index is 0.0818. The van der Waals surface area contributed by atoms with Crippen LogP contribution in [0.15, 0.2) is 71.3 Å². The summed E-state index contributed by atoms with van der Waals surface area (Å²) in [5.41, 5.74) is 2.32. The van der Waals surface area contributed by atoms with Crippen LogP contribution in [-0.4, -0.2) is 47.8 Å². The first-order chi connectivity index (χ1) is 15.1. The van der Waals surface area contributed by atoms with Gasteiger partial charge in [-0.1, -0.05) is 24.3 Å². The van der Waals surface area contributed by atoms with Crippen LogP contribution in [0.2, 0.25) is 0 Å². The molecular formula is C24H24FN3O3. The first-order valence-corrected chi connectivity index (χ1v) is 10.3. The average molecular weight is 421 g/mol. The number of carbonyl (C=O) groups is 2. The molecule has 0 spiro atoms. The average Bonchev–Trinajstić information content (AvgIpc) is 3.33. The predicted molar refractivity (Wildman–Crippen MR) is 114 cm³/mol. The van der Waals surface area contributed by atoms with E-state index in [2.05, 4.69) is 10.2 Å². The van der Waals surface area contributed by atoms with Gasteiger partial charge in [-0.3, -0.25) is 14.5 Å². The molecule has 1 aliphatic heterocycles. The predicted octanol–water partition coefficient (Wildman–Crippen LogP) is 3.31. The van der Waals surface area contributed by atoms with Crippen LogP contribution in [0.3, 0.4) is 0 Å². The Hall–Kier alpha value is -3.45. The number of hydrogen-bond acceptors (Lipinski definition) is 4. The number of hydrogen-bond donors (Lipinski definition) is 1. The second-order valence-corrected chi connectivity index (χ2v) is 7.56. The van der Waals surface area contributed by atoms with E-state index in [9.17, 15) is 14.0 Å². The van der Waals surface area contributed by atoms with E-state index in [1.807, 2.05) is 18.2 Å². The highest BCUT2D eigenvalue weighted by atomic mass is 19.1. The number of carbonyl (C=O) groups excluding carboxylic acids is 2. The summed E-state index contributed by atoms with van der Waals surface area (Å²) in [5, 5.41) is 2.83. The fourth-order valence-corrected chi connectivity index (χ4v) is 3.67. The molecule has 4 rings (SSSR count).